The van der Waals surface area contributed by atoms with Crippen molar-refractivity contribution in [1.29, 1.82) is 0 Å². The van der Waals surface area contributed by atoms with Crippen LogP contribution in [0, 0.1) is 11.3 Å². The maximum absolute atomic E-state index is 12.8. The van der Waals surface area contributed by atoms with Crippen LogP contribution in [0.5, 0.6) is 5.75 Å². The SMILES string of the molecule is CN1CCCC1C(CN(CC(=Cc1ccc(C(=O)NOC2CCCCO2)cc1)Oc1cccc2ccccc12)C(=O)O)C(C)(C)C. The number of nitrogens with zero attached hydrogens (tertiary/aromatic N) is 2. The van der Waals surface area contributed by atoms with Gasteiger partial charge in [-0.05, 0) is 85.8 Å². The average molecular weight is 630 g/mol. The van der Waals surface area contributed by atoms with Gasteiger partial charge in [-0.1, -0.05) is 69.3 Å². The van der Waals surface area contributed by atoms with E-state index in [1.807, 2.05) is 60.7 Å². The summed E-state index contributed by atoms with van der Waals surface area (Å²) in [6.07, 6.45) is 5.33. The average Bonchev–Trinajstić information content (AvgIpc) is 3.47. The summed E-state index contributed by atoms with van der Waals surface area (Å²) in [6, 6.07) is 21.2. The number of rotatable bonds is 11. The quantitative estimate of drug-likeness (QED) is 0.171. The highest BCUT2D eigenvalue weighted by molar-refractivity contribution is 5.93. The van der Waals surface area contributed by atoms with E-state index in [2.05, 4.69) is 38.2 Å². The molecule has 9 heteroatoms. The van der Waals surface area contributed by atoms with Crippen molar-refractivity contribution in [2.75, 3.05) is 33.3 Å². The van der Waals surface area contributed by atoms with Crippen LogP contribution in [-0.2, 0) is 9.57 Å². The number of likely N-dealkylation sites (tertiary alicyclic amines) is 1. The highest BCUT2D eigenvalue weighted by Crippen LogP contribution is 2.36. The summed E-state index contributed by atoms with van der Waals surface area (Å²) in [6.45, 7) is 8.67. The Morgan fingerprint density at radius 3 is 2.48 bits per heavy atom. The number of carbonyl (C=O) groups excluding carboxylic acids is 1. The maximum Gasteiger partial charge on any atom is 0.407 e. The molecule has 2 aliphatic rings. The van der Waals surface area contributed by atoms with Gasteiger partial charge in [0.05, 0.1) is 6.54 Å². The van der Waals surface area contributed by atoms with Gasteiger partial charge in [0.15, 0.2) is 6.29 Å². The number of benzene rings is 3. The summed E-state index contributed by atoms with van der Waals surface area (Å²) in [5, 5.41) is 12.4. The lowest BCUT2D eigenvalue weighted by molar-refractivity contribution is -0.186. The first-order valence-corrected chi connectivity index (χ1v) is 16.3. The molecule has 0 bridgehead atoms. The third-order valence-electron chi connectivity index (χ3n) is 9.10. The molecule has 0 saturated carbocycles. The van der Waals surface area contributed by atoms with E-state index < -0.39 is 12.4 Å². The molecule has 2 amide bonds. The fourth-order valence-electron chi connectivity index (χ4n) is 6.49. The lowest BCUT2D eigenvalue weighted by atomic mass is 9.75. The first-order valence-electron chi connectivity index (χ1n) is 16.3. The Hall–Kier alpha value is -3.92. The molecule has 3 aromatic rings. The number of ether oxygens (including phenoxy) is 2. The van der Waals surface area contributed by atoms with E-state index >= 15 is 0 Å². The smallest absolute Gasteiger partial charge is 0.407 e. The first-order chi connectivity index (χ1) is 22.1. The van der Waals surface area contributed by atoms with Gasteiger partial charge in [0.1, 0.15) is 11.5 Å². The number of carbonyl (C=O) groups is 2. The van der Waals surface area contributed by atoms with Gasteiger partial charge in [-0.25, -0.2) is 15.1 Å². The van der Waals surface area contributed by atoms with Crippen molar-refractivity contribution in [3.05, 3.63) is 83.6 Å². The van der Waals surface area contributed by atoms with Crippen molar-refractivity contribution in [2.24, 2.45) is 11.3 Å². The number of hydrogen-bond acceptors (Lipinski definition) is 6. The Bertz CT molecular complexity index is 1500. The van der Waals surface area contributed by atoms with Gasteiger partial charge in [0, 0.05) is 36.6 Å². The topological polar surface area (TPSA) is 101 Å². The van der Waals surface area contributed by atoms with Gasteiger partial charge in [-0.3, -0.25) is 4.79 Å². The zero-order valence-corrected chi connectivity index (χ0v) is 27.4. The van der Waals surface area contributed by atoms with Gasteiger partial charge in [-0.2, -0.15) is 0 Å². The predicted molar refractivity (Wildman–Crippen MR) is 179 cm³/mol. The van der Waals surface area contributed by atoms with E-state index in [0.717, 1.165) is 55.0 Å². The molecule has 3 unspecified atom stereocenters. The van der Waals surface area contributed by atoms with E-state index in [1.165, 1.54) is 4.90 Å². The van der Waals surface area contributed by atoms with E-state index in [1.54, 1.807) is 12.1 Å². The Labute approximate surface area is 272 Å². The molecule has 46 heavy (non-hydrogen) atoms. The number of amides is 2. The van der Waals surface area contributed by atoms with Crippen molar-refractivity contribution in [1.82, 2.24) is 15.3 Å². The molecule has 9 nitrogen and oxygen atoms in total. The molecular formula is C37H47N3O6. The zero-order chi connectivity index (χ0) is 32.7. The molecule has 0 spiro atoms. The minimum absolute atomic E-state index is 0.0685. The minimum Gasteiger partial charge on any atom is -0.465 e. The summed E-state index contributed by atoms with van der Waals surface area (Å²) in [5.74, 6) is 0.907. The maximum atomic E-state index is 12.8. The molecule has 2 saturated heterocycles. The van der Waals surface area contributed by atoms with Gasteiger partial charge >= 0.3 is 6.09 Å². The zero-order valence-electron chi connectivity index (χ0n) is 27.4. The normalized spacial score (nSPS) is 20.0. The predicted octanol–water partition coefficient (Wildman–Crippen LogP) is 7.18. The van der Waals surface area contributed by atoms with Crippen molar-refractivity contribution in [3.8, 4) is 5.75 Å². The second-order valence-corrected chi connectivity index (χ2v) is 13.5. The minimum atomic E-state index is -0.990. The lowest BCUT2D eigenvalue weighted by Crippen LogP contribution is -2.48. The Balaban J connectivity index is 1.40. The van der Waals surface area contributed by atoms with Crippen molar-refractivity contribution >= 4 is 28.8 Å². The summed E-state index contributed by atoms with van der Waals surface area (Å²) in [5.41, 5.74) is 3.61. The Kier molecular flexibility index (Phi) is 11.0. The van der Waals surface area contributed by atoms with Crippen molar-refractivity contribution in [2.45, 2.75) is 65.2 Å². The molecule has 0 radical (unpaired) electrons. The van der Waals surface area contributed by atoms with Crippen LogP contribution in [0.25, 0.3) is 16.8 Å². The van der Waals surface area contributed by atoms with E-state index in [0.29, 0.717) is 36.3 Å². The highest BCUT2D eigenvalue weighted by Gasteiger charge is 2.39. The molecule has 2 heterocycles. The molecular weight excluding hydrogens is 582 g/mol. The largest absolute Gasteiger partial charge is 0.465 e. The Morgan fingerprint density at radius 2 is 1.80 bits per heavy atom. The van der Waals surface area contributed by atoms with E-state index in [-0.39, 0.29) is 23.8 Å². The monoisotopic (exact) mass is 629 g/mol. The number of fused-ring (bicyclic) bond motifs is 1. The molecule has 2 fully saturated rings. The van der Waals surface area contributed by atoms with Crippen LogP contribution >= 0.6 is 0 Å². The molecule has 0 aromatic heterocycles. The molecule has 3 atom stereocenters. The highest BCUT2D eigenvalue weighted by atomic mass is 16.8. The second kappa shape index (κ2) is 15.1. The lowest BCUT2D eigenvalue weighted by Gasteiger charge is -2.41. The van der Waals surface area contributed by atoms with E-state index in [9.17, 15) is 14.7 Å². The van der Waals surface area contributed by atoms with Gasteiger partial charge < -0.3 is 24.4 Å². The Morgan fingerprint density at radius 1 is 1.04 bits per heavy atom. The van der Waals surface area contributed by atoms with Crippen molar-refractivity contribution in [3.63, 3.8) is 0 Å². The van der Waals surface area contributed by atoms with Crippen LogP contribution < -0.4 is 10.2 Å². The summed E-state index contributed by atoms with van der Waals surface area (Å²) in [4.78, 5) is 34.8. The van der Waals surface area contributed by atoms with Crippen LogP contribution in [0.15, 0.2) is 72.5 Å². The first kappa shape index (κ1) is 33.4. The number of nitrogens with one attached hydrogen (secondary N) is 1. The number of carboxylic acid groups (broad SMARTS) is 1. The standard InChI is InChI=1S/C37H47N3O6/c1-37(2,3)31(32-14-10-21-39(32)4)25-40(36(42)43)24-29(45-33-15-9-12-27-11-5-6-13-30(27)33)23-26-17-19-28(20-18-26)35(41)38-46-34-16-7-8-22-44-34/h5-6,9,11-13,15,17-20,23,31-32,34H,7-8,10,14,16,21-22,24-25H2,1-4H3,(H,38,41)(H,42,43). The number of hydrogen-bond donors (Lipinski definition) is 2. The summed E-state index contributed by atoms with van der Waals surface area (Å²) >= 11 is 0. The molecule has 0 aliphatic carbocycles. The van der Waals surface area contributed by atoms with Crippen LogP contribution in [0.3, 0.4) is 0 Å². The molecule has 246 valence electrons. The van der Waals surface area contributed by atoms with Gasteiger partial charge in [0.25, 0.3) is 5.91 Å². The molecule has 3 aromatic carbocycles. The van der Waals surface area contributed by atoms with Gasteiger partial charge in [0.2, 0.25) is 0 Å². The van der Waals surface area contributed by atoms with Crippen LogP contribution in [0.4, 0.5) is 4.79 Å². The molecule has 5 rings (SSSR count). The van der Waals surface area contributed by atoms with Crippen LogP contribution in [-0.4, -0.2) is 72.5 Å². The summed E-state index contributed by atoms with van der Waals surface area (Å²) < 4.78 is 12.1. The van der Waals surface area contributed by atoms with Crippen molar-refractivity contribution < 1.29 is 29.0 Å². The molecule has 2 N–H and O–H groups in total. The number of hydroxylamine groups is 1. The fourth-order valence-corrected chi connectivity index (χ4v) is 6.49. The van der Waals surface area contributed by atoms with E-state index in [4.69, 9.17) is 14.3 Å². The third-order valence-corrected chi connectivity index (χ3v) is 9.10. The molecule has 2 aliphatic heterocycles. The fraction of sp³-hybridized carbons (Fsp3) is 0.459. The van der Waals surface area contributed by atoms with Gasteiger partial charge in [-0.15, -0.1) is 0 Å². The van der Waals surface area contributed by atoms with Crippen LogP contribution in [0.2, 0.25) is 0 Å². The second-order valence-electron chi connectivity index (χ2n) is 13.5. The summed E-state index contributed by atoms with van der Waals surface area (Å²) in [7, 11) is 2.14. The third kappa shape index (κ3) is 8.66. The van der Waals surface area contributed by atoms with Crippen LogP contribution in [0.1, 0.15) is 68.8 Å².